The van der Waals surface area contributed by atoms with Crippen LogP contribution in [-0.2, 0) is 7.05 Å². The molecule has 2 aromatic carbocycles. The maximum Gasteiger partial charge on any atom is 0.276 e. The molecule has 31 heavy (non-hydrogen) atoms. The van der Waals surface area contributed by atoms with E-state index < -0.39 is 5.91 Å². The lowest BCUT2D eigenvalue weighted by atomic mass is 10.1. The highest BCUT2D eigenvalue weighted by Crippen LogP contribution is 2.17. The molecule has 0 unspecified atom stereocenters. The molecule has 8 nitrogen and oxygen atoms in total. The topological polar surface area (TPSA) is 106 Å². The monoisotopic (exact) mass is 477 g/mol. The van der Waals surface area contributed by atoms with E-state index in [0.29, 0.717) is 27.8 Å². The van der Waals surface area contributed by atoms with Crippen molar-refractivity contribution in [3.8, 4) is 0 Å². The first-order valence-corrected chi connectivity index (χ1v) is 10.0. The van der Waals surface area contributed by atoms with E-state index in [0.717, 1.165) is 9.15 Å². The molecular weight excluding hydrogens is 462 g/mol. The van der Waals surface area contributed by atoms with Crippen LogP contribution in [0, 0.1) is 0 Å². The maximum atomic E-state index is 12.9. The Kier molecular flexibility index (Phi) is 5.59. The number of carbonyl (C=O) groups excluding carboxylic acids is 2. The van der Waals surface area contributed by atoms with Crippen LogP contribution in [0.5, 0.6) is 0 Å². The van der Waals surface area contributed by atoms with Crippen molar-refractivity contribution in [3.63, 3.8) is 0 Å². The van der Waals surface area contributed by atoms with E-state index in [1.165, 1.54) is 7.05 Å². The van der Waals surface area contributed by atoms with Crippen LogP contribution >= 0.6 is 15.9 Å². The molecular formula is C22H16BrN5O3. The Morgan fingerprint density at radius 2 is 1.71 bits per heavy atom. The maximum absolute atomic E-state index is 12.9. The summed E-state index contributed by atoms with van der Waals surface area (Å²) in [5, 5.41) is 10.4. The highest BCUT2D eigenvalue weighted by Gasteiger charge is 2.16. The molecule has 0 bridgehead atoms. The van der Waals surface area contributed by atoms with Crippen molar-refractivity contribution in [2.45, 2.75) is 0 Å². The average Bonchev–Trinajstić information content (AvgIpc) is 2.78. The molecule has 9 heteroatoms. The summed E-state index contributed by atoms with van der Waals surface area (Å²) >= 11 is 3.29. The third-order valence-corrected chi connectivity index (χ3v) is 4.99. The Morgan fingerprint density at radius 3 is 2.45 bits per heavy atom. The Morgan fingerprint density at radius 1 is 0.935 bits per heavy atom. The van der Waals surface area contributed by atoms with Crippen LogP contribution in [0.25, 0.3) is 10.8 Å². The number of amides is 2. The third-order valence-electron chi connectivity index (χ3n) is 4.52. The van der Waals surface area contributed by atoms with Crippen molar-refractivity contribution in [3.05, 3.63) is 92.9 Å². The van der Waals surface area contributed by atoms with Gasteiger partial charge < -0.3 is 10.6 Å². The van der Waals surface area contributed by atoms with E-state index in [1.54, 1.807) is 66.9 Å². The zero-order valence-corrected chi connectivity index (χ0v) is 17.9. The van der Waals surface area contributed by atoms with Gasteiger partial charge in [-0.15, -0.1) is 0 Å². The van der Waals surface area contributed by atoms with Gasteiger partial charge in [-0.1, -0.05) is 24.3 Å². The van der Waals surface area contributed by atoms with Crippen molar-refractivity contribution >= 4 is 50.0 Å². The van der Waals surface area contributed by atoms with Gasteiger partial charge in [0.25, 0.3) is 17.4 Å². The van der Waals surface area contributed by atoms with Gasteiger partial charge in [0.05, 0.1) is 5.39 Å². The molecule has 0 spiro atoms. The molecule has 4 rings (SSSR count). The van der Waals surface area contributed by atoms with E-state index in [9.17, 15) is 14.4 Å². The molecule has 2 aromatic heterocycles. The second-order valence-electron chi connectivity index (χ2n) is 6.67. The molecule has 0 saturated heterocycles. The van der Waals surface area contributed by atoms with Crippen LogP contribution in [0.3, 0.4) is 0 Å². The fourth-order valence-electron chi connectivity index (χ4n) is 3.03. The number of nitrogens with zero attached hydrogens (tertiary/aromatic N) is 3. The first-order chi connectivity index (χ1) is 14.9. The standard InChI is InChI=1S/C22H16BrN5O3/c1-28-22(31)17-8-3-2-7-16(17)19(27-28)21(30)25-15-6-4-5-13(11-15)20(29)26-18-10-9-14(23)12-24-18/h2-12H,1H3,(H,25,30)(H,24,26,29). The SMILES string of the molecule is Cn1nc(C(=O)Nc2cccc(C(=O)Nc3ccc(Br)cn3)c2)c2ccccc2c1=O. The van der Waals surface area contributed by atoms with Gasteiger partial charge in [0.2, 0.25) is 0 Å². The van der Waals surface area contributed by atoms with Crippen LogP contribution < -0.4 is 16.2 Å². The van der Waals surface area contributed by atoms with Crippen LogP contribution in [0.2, 0.25) is 0 Å². The molecule has 0 aliphatic carbocycles. The van der Waals surface area contributed by atoms with Crippen LogP contribution in [0.1, 0.15) is 20.8 Å². The number of carbonyl (C=O) groups is 2. The largest absolute Gasteiger partial charge is 0.321 e. The lowest BCUT2D eigenvalue weighted by Crippen LogP contribution is -2.25. The number of benzene rings is 2. The third kappa shape index (κ3) is 4.36. The molecule has 4 aromatic rings. The van der Waals surface area contributed by atoms with Crippen molar-refractivity contribution in [1.82, 2.24) is 14.8 Å². The van der Waals surface area contributed by atoms with Crippen LogP contribution in [0.15, 0.2) is 76.1 Å². The molecule has 2 amide bonds. The molecule has 0 radical (unpaired) electrons. The second kappa shape index (κ2) is 8.49. The number of hydrogen-bond acceptors (Lipinski definition) is 5. The number of aromatic nitrogens is 3. The van der Waals surface area contributed by atoms with E-state index in [2.05, 4.69) is 36.6 Å². The fraction of sp³-hybridized carbons (Fsp3) is 0.0455. The summed E-state index contributed by atoms with van der Waals surface area (Å²) < 4.78 is 1.93. The molecule has 0 atom stereocenters. The Labute approximate surface area is 185 Å². The molecule has 154 valence electrons. The predicted molar refractivity (Wildman–Crippen MR) is 121 cm³/mol. The number of nitrogens with one attached hydrogen (secondary N) is 2. The fourth-order valence-corrected chi connectivity index (χ4v) is 3.27. The Bertz CT molecular complexity index is 1370. The molecule has 0 aliphatic rings. The zero-order chi connectivity index (χ0) is 22.0. The summed E-state index contributed by atoms with van der Waals surface area (Å²) in [7, 11) is 1.49. The number of pyridine rings is 1. The Balaban J connectivity index is 1.58. The minimum atomic E-state index is -0.487. The predicted octanol–water partition coefficient (Wildman–Crippen LogP) is 3.60. The van der Waals surface area contributed by atoms with Gasteiger partial charge in [0.1, 0.15) is 5.82 Å². The molecule has 0 saturated carbocycles. The van der Waals surface area contributed by atoms with Gasteiger partial charge in [-0.2, -0.15) is 5.10 Å². The molecule has 0 aliphatic heterocycles. The summed E-state index contributed by atoms with van der Waals surface area (Å²) in [6.45, 7) is 0. The van der Waals surface area contributed by atoms with Crippen molar-refractivity contribution in [2.24, 2.45) is 7.05 Å². The minimum absolute atomic E-state index is 0.117. The van der Waals surface area contributed by atoms with Crippen LogP contribution in [-0.4, -0.2) is 26.6 Å². The van der Waals surface area contributed by atoms with Crippen LogP contribution in [0.4, 0.5) is 11.5 Å². The van der Waals surface area contributed by atoms with E-state index in [4.69, 9.17) is 0 Å². The van der Waals surface area contributed by atoms with Gasteiger partial charge in [-0.3, -0.25) is 14.4 Å². The van der Waals surface area contributed by atoms with Gasteiger partial charge in [0, 0.05) is 34.4 Å². The minimum Gasteiger partial charge on any atom is -0.321 e. The number of aryl methyl sites for hydroxylation is 1. The zero-order valence-electron chi connectivity index (χ0n) is 16.3. The number of fused-ring (bicyclic) bond motifs is 1. The van der Waals surface area contributed by atoms with Gasteiger partial charge in [-0.05, 0) is 52.3 Å². The van der Waals surface area contributed by atoms with Crippen molar-refractivity contribution in [1.29, 1.82) is 0 Å². The second-order valence-corrected chi connectivity index (χ2v) is 7.59. The first-order valence-electron chi connectivity index (χ1n) is 9.23. The normalized spacial score (nSPS) is 10.6. The van der Waals surface area contributed by atoms with Gasteiger partial charge >= 0.3 is 0 Å². The summed E-state index contributed by atoms with van der Waals surface area (Å²) in [6.07, 6.45) is 1.58. The molecule has 0 fully saturated rings. The number of anilines is 2. The van der Waals surface area contributed by atoms with E-state index in [-0.39, 0.29) is 17.2 Å². The quantitative estimate of drug-likeness (QED) is 0.467. The molecule has 2 heterocycles. The van der Waals surface area contributed by atoms with Crippen molar-refractivity contribution < 1.29 is 9.59 Å². The Hall–Kier alpha value is -3.85. The smallest absolute Gasteiger partial charge is 0.276 e. The summed E-state index contributed by atoms with van der Waals surface area (Å²) in [5.74, 6) is -0.445. The van der Waals surface area contributed by atoms with E-state index >= 15 is 0 Å². The van der Waals surface area contributed by atoms with Gasteiger partial charge in [0.15, 0.2) is 5.69 Å². The summed E-state index contributed by atoms with van der Waals surface area (Å²) in [6, 6.07) is 16.7. The number of halogens is 1. The highest BCUT2D eigenvalue weighted by molar-refractivity contribution is 9.10. The highest BCUT2D eigenvalue weighted by atomic mass is 79.9. The summed E-state index contributed by atoms with van der Waals surface area (Å²) in [4.78, 5) is 41.8. The van der Waals surface area contributed by atoms with Gasteiger partial charge in [-0.25, -0.2) is 9.67 Å². The lowest BCUT2D eigenvalue weighted by molar-refractivity contribution is 0.101. The van der Waals surface area contributed by atoms with E-state index in [1.807, 2.05) is 0 Å². The van der Waals surface area contributed by atoms with Crippen molar-refractivity contribution in [2.75, 3.05) is 10.6 Å². The lowest BCUT2D eigenvalue weighted by Gasteiger charge is -2.10. The number of hydrogen-bond donors (Lipinski definition) is 2. The first kappa shape index (κ1) is 20.4. The average molecular weight is 478 g/mol. The molecule has 2 N–H and O–H groups in total. The summed E-state index contributed by atoms with van der Waals surface area (Å²) in [5.41, 5.74) is 0.598. The number of rotatable bonds is 4.